The van der Waals surface area contributed by atoms with E-state index in [9.17, 15) is 4.79 Å². The molecule has 0 aromatic carbocycles. The molecule has 1 aromatic heterocycles. The SMILES string of the molecule is CCCc1cc(=O)[nH]c(SCC2(C)CO2)n1. The molecule has 1 N–H and O–H groups in total. The van der Waals surface area contributed by atoms with E-state index in [1.807, 2.05) is 0 Å². The standard InChI is InChI=1S/C11H16N2O2S/c1-3-4-8-5-9(14)13-10(12-8)16-7-11(2)6-15-11/h5H,3-4,6-7H2,1-2H3,(H,12,13,14). The minimum Gasteiger partial charge on any atom is -0.369 e. The van der Waals surface area contributed by atoms with E-state index in [4.69, 9.17) is 4.74 Å². The summed E-state index contributed by atoms with van der Waals surface area (Å²) in [6.45, 7) is 4.95. The van der Waals surface area contributed by atoms with Gasteiger partial charge in [0.05, 0.1) is 12.2 Å². The van der Waals surface area contributed by atoms with Crippen molar-refractivity contribution in [3.8, 4) is 0 Å². The summed E-state index contributed by atoms with van der Waals surface area (Å²) in [5.74, 6) is 0.839. The number of nitrogens with one attached hydrogen (secondary N) is 1. The van der Waals surface area contributed by atoms with Crippen molar-refractivity contribution in [2.45, 2.75) is 37.4 Å². The number of H-pyrrole nitrogens is 1. The predicted octanol–water partition coefficient (Wildman–Crippen LogP) is 1.60. The topological polar surface area (TPSA) is 58.3 Å². The lowest BCUT2D eigenvalue weighted by Gasteiger charge is -2.05. The molecule has 1 fully saturated rings. The van der Waals surface area contributed by atoms with Crippen molar-refractivity contribution < 1.29 is 4.74 Å². The number of aryl methyl sites for hydroxylation is 1. The lowest BCUT2D eigenvalue weighted by molar-refractivity contribution is 0.348. The number of ether oxygens (including phenoxy) is 1. The second kappa shape index (κ2) is 4.59. The van der Waals surface area contributed by atoms with Crippen LogP contribution in [0.5, 0.6) is 0 Å². The summed E-state index contributed by atoms with van der Waals surface area (Å²) in [5.41, 5.74) is 0.794. The third-order valence-corrected chi connectivity index (χ3v) is 3.65. The number of aromatic amines is 1. The van der Waals surface area contributed by atoms with Gasteiger partial charge in [0.2, 0.25) is 0 Å². The summed E-state index contributed by atoms with van der Waals surface area (Å²) in [4.78, 5) is 18.5. The fourth-order valence-corrected chi connectivity index (χ4v) is 2.33. The Bertz CT molecular complexity index is 426. The normalized spacial score (nSPS) is 23.4. The minimum atomic E-state index is -0.0668. The number of rotatable bonds is 5. The lowest BCUT2D eigenvalue weighted by Crippen LogP contribution is -2.13. The zero-order valence-electron chi connectivity index (χ0n) is 9.58. The molecule has 0 radical (unpaired) electrons. The largest absolute Gasteiger partial charge is 0.369 e. The zero-order chi connectivity index (χ0) is 11.6. The van der Waals surface area contributed by atoms with Gasteiger partial charge in [-0.3, -0.25) is 4.79 Å². The summed E-state index contributed by atoms with van der Waals surface area (Å²) in [6.07, 6.45) is 1.85. The Labute approximate surface area is 98.8 Å². The maximum Gasteiger partial charge on any atom is 0.251 e. The van der Waals surface area contributed by atoms with Crippen LogP contribution in [0.2, 0.25) is 0 Å². The first kappa shape index (κ1) is 11.7. The molecule has 1 aromatic rings. The second-order valence-electron chi connectivity index (χ2n) is 4.32. The van der Waals surface area contributed by atoms with Gasteiger partial charge in [0, 0.05) is 17.5 Å². The highest BCUT2D eigenvalue weighted by Gasteiger charge is 2.39. The molecule has 2 heterocycles. The second-order valence-corrected chi connectivity index (χ2v) is 5.28. The number of epoxide rings is 1. The molecule has 16 heavy (non-hydrogen) atoms. The predicted molar refractivity (Wildman–Crippen MR) is 63.9 cm³/mol. The first-order chi connectivity index (χ1) is 7.61. The number of nitrogens with zero attached hydrogens (tertiary/aromatic N) is 1. The van der Waals surface area contributed by atoms with Crippen LogP contribution >= 0.6 is 11.8 Å². The van der Waals surface area contributed by atoms with Gasteiger partial charge in [-0.05, 0) is 13.3 Å². The molecule has 1 atom stereocenters. The average molecular weight is 240 g/mol. The summed E-state index contributed by atoms with van der Waals surface area (Å²) < 4.78 is 5.29. The van der Waals surface area contributed by atoms with Crippen LogP contribution in [-0.4, -0.2) is 27.9 Å². The van der Waals surface area contributed by atoms with Gasteiger partial charge in [-0.15, -0.1) is 0 Å². The minimum absolute atomic E-state index is 0.00993. The highest BCUT2D eigenvalue weighted by Crippen LogP contribution is 2.31. The van der Waals surface area contributed by atoms with Crippen molar-refractivity contribution in [1.29, 1.82) is 0 Å². The van der Waals surface area contributed by atoms with E-state index in [2.05, 4.69) is 23.8 Å². The average Bonchev–Trinajstić information content (AvgIpc) is 2.94. The zero-order valence-corrected chi connectivity index (χ0v) is 10.4. The van der Waals surface area contributed by atoms with Gasteiger partial charge in [0.15, 0.2) is 5.16 Å². The van der Waals surface area contributed by atoms with Crippen LogP contribution in [-0.2, 0) is 11.2 Å². The lowest BCUT2D eigenvalue weighted by atomic mass is 10.2. The fourth-order valence-electron chi connectivity index (χ4n) is 1.36. The Hall–Kier alpha value is -0.810. The van der Waals surface area contributed by atoms with Crippen LogP contribution < -0.4 is 5.56 Å². The third kappa shape index (κ3) is 3.09. The monoisotopic (exact) mass is 240 g/mol. The van der Waals surface area contributed by atoms with Crippen molar-refractivity contribution in [3.05, 3.63) is 22.1 Å². The first-order valence-electron chi connectivity index (χ1n) is 5.48. The quantitative estimate of drug-likeness (QED) is 0.482. The van der Waals surface area contributed by atoms with Crippen molar-refractivity contribution in [2.75, 3.05) is 12.4 Å². The van der Waals surface area contributed by atoms with Crippen molar-refractivity contribution in [2.24, 2.45) is 0 Å². The molecule has 1 aliphatic rings. The summed E-state index contributed by atoms with van der Waals surface area (Å²) in [6, 6.07) is 1.57. The highest BCUT2D eigenvalue weighted by atomic mass is 32.2. The van der Waals surface area contributed by atoms with Crippen LogP contribution in [0.1, 0.15) is 26.0 Å². The number of aromatic nitrogens is 2. The fraction of sp³-hybridized carbons (Fsp3) is 0.636. The van der Waals surface area contributed by atoms with Gasteiger partial charge in [-0.2, -0.15) is 0 Å². The van der Waals surface area contributed by atoms with Crippen molar-refractivity contribution in [1.82, 2.24) is 9.97 Å². The van der Waals surface area contributed by atoms with Crippen LogP contribution in [0.25, 0.3) is 0 Å². The molecule has 4 nitrogen and oxygen atoms in total. The molecule has 1 aliphatic heterocycles. The van der Waals surface area contributed by atoms with E-state index in [1.54, 1.807) is 17.8 Å². The third-order valence-electron chi connectivity index (χ3n) is 2.43. The van der Waals surface area contributed by atoms with Crippen LogP contribution in [0, 0.1) is 0 Å². The van der Waals surface area contributed by atoms with Gasteiger partial charge in [-0.1, -0.05) is 25.1 Å². The number of hydrogen-bond donors (Lipinski definition) is 1. The summed E-state index contributed by atoms with van der Waals surface area (Å²) in [5, 5.41) is 0.702. The molecule has 1 unspecified atom stereocenters. The van der Waals surface area contributed by atoms with Crippen molar-refractivity contribution in [3.63, 3.8) is 0 Å². The van der Waals surface area contributed by atoms with Crippen molar-refractivity contribution >= 4 is 11.8 Å². The van der Waals surface area contributed by atoms with Gasteiger partial charge >= 0.3 is 0 Å². The van der Waals surface area contributed by atoms with Gasteiger partial charge < -0.3 is 9.72 Å². The Morgan fingerprint density at radius 2 is 2.44 bits per heavy atom. The molecule has 0 spiro atoms. The van der Waals surface area contributed by atoms with E-state index in [0.29, 0.717) is 5.16 Å². The molecule has 0 amide bonds. The van der Waals surface area contributed by atoms with E-state index in [-0.39, 0.29) is 11.2 Å². The molecule has 2 rings (SSSR count). The molecule has 88 valence electrons. The Morgan fingerprint density at radius 3 is 3.06 bits per heavy atom. The van der Waals surface area contributed by atoms with E-state index >= 15 is 0 Å². The molecular formula is C11H16N2O2S. The van der Waals surface area contributed by atoms with E-state index < -0.39 is 0 Å². The summed E-state index contributed by atoms with van der Waals surface area (Å²) >= 11 is 1.55. The number of hydrogen-bond acceptors (Lipinski definition) is 4. The highest BCUT2D eigenvalue weighted by molar-refractivity contribution is 7.99. The molecular weight excluding hydrogens is 224 g/mol. The Balaban J connectivity index is 2.04. The smallest absolute Gasteiger partial charge is 0.251 e. The molecule has 0 aliphatic carbocycles. The molecule has 5 heteroatoms. The van der Waals surface area contributed by atoms with Crippen LogP contribution in [0.4, 0.5) is 0 Å². The van der Waals surface area contributed by atoms with Gasteiger partial charge in [-0.25, -0.2) is 4.98 Å². The molecule has 0 bridgehead atoms. The van der Waals surface area contributed by atoms with Crippen LogP contribution in [0.15, 0.2) is 16.0 Å². The Morgan fingerprint density at radius 1 is 1.69 bits per heavy atom. The van der Waals surface area contributed by atoms with E-state index in [0.717, 1.165) is 30.9 Å². The first-order valence-corrected chi connectivity index (χ1v) is 6.47. The van der Waals surface area contributed by atoms with Gasteiger partial charge in [0.1, 0.15) is 0 Å². The Kier molecular flexibility index (Phi) is 3.35. The number of thioether (sulfide) groups is 1. The van der Waals surface area contributed by atoms with Crippen LogP contribution in [0.3, 0.4) is 0 Å². The van der Waals surface area contributed by atoms with E-state index in [1.165, 1.54) is 0 Å². The summed E-state index contributed by atoms with van der Waals surface area (Å²) in [7, 11) is 0. The molecule has 1 saturated heterocycles. The molecule has 0 saturated carbocycles. The maximum absolute atomic E-state index is 11.4. The maximum atomic E-state index is 11.4. The van der Waals surface area contributed by atoms with Gasteiger partial charge in [0.25, 0.3) is 5.56 Å².